The van der Waals surface area contributed by atoms with E-state index in [1.165, 1.54) is 0 Å². The van der Waals surface area contributed by atoms with Gasteiger partial charge in [-0.15, -0.1) is 0 Å². The maximum atomic E-state index is 13.7. The normalized spacial score (nSPS) is 18.2. The van der Waals surface area contributed by atoms with Crippen LogP contribution in [0.25, 0.3) is 10.9 Å². The van der Waals surface area contributed by atoms with E-state index in [0.717, 1.165) is 46.5 Å². The largest absolute Gasteiger partial charge is 0.490 e. The molecular formula is C28H34N4O4. The molecule has 2 aliphatic heterocycles. The van der Waals surface area contributed by atoms with E-state index >= 15 is 0 Å². The quantitative estimate of drug-likeness (QED) is 0.500. The van der Waals surface area contributed by atoms with Gasteiger partial charge in [-0.3, -0.25) is 19.7 Å². The van der Waals surface area contributed by atoms with Gasteiger partial charge < -0.3 is 19.1 Å². The number of hydrogen-bond donors (Lipinski definition) is 0. The van der Waals surface area contributed by atoms with Crippen LogP contribution in [0.2, 0.25) is 0 Å². The second-order valence-corrected chi connectivity index (χ2v) is 9.91. The lowest BCUT2D eigenvalue weighted by atomic mass is 10.1. The third kappa shape index (κ3) is 5.77. The number of benzene rings is 1. The molecule has 0 saturated carbocycles. The molecule has 1 unspecified atom stereocenters. The first-order chi connectivity index (χ1) is 17.6. The van der Waals surface area contributed by atoms with Crippen molar-refractivity contribution in [2.75, 3.05) is 39.5 Å². The van der Waals surface area contributed by atoms with Crippen LogP contribution in [-0.2, 0) is 22.6 Å². The summed E-state index contributed by atoms with van der Waals surface area (Å²) in [5.74, 6) is 1.87. The van der Waals surface area contributed by atoms with Crippen molar-refractivity contribution in [1.82, 2.24) is 19.8 Å². The molecule has 0 aliphatic carbocycles. The maximum absolute atomic E-state index is 13.7. The molecule has 36 heavy (non-hydrogen) atoms. The first-order valence-electron chi connectivity index (χ1n) is 12.8. The zero-order valence-corrected chi connectivity index (χ0v) is 21.1. The van der Waals surface area contributed by atoms with Crippen molar-refractivity contribution < 1.29 is 19.0 Å². The Balaban J connectivity index is 1.29. The minimum Gasteiger partial charge on any atom is -0.490 e. The molecule has 2 aromatic heterocycles. The summed E-state index contributed by atoms with van der Waals surface area (Å²) in [6.07, 6.45) is 5.87. The van der Waals surface area contributed by atoms with Crippen LogP contribution in [-0.4, -0.2) is 71.2 Å². The third-order valence-electron chi connectivity index (χ3n) is 6.49. The molecule has 1 aromatic carbocycles. The smallest absolute Gasteiger partial charge is 0.253 e. The molecule has 1 saturated heterocycles. The predicted octanol–water partition coefficient (Wildman–Crippen LogP) is 3.68. The highest BCUT2D eigenvalue weighted by molar-refractivity contribution is 5.82. The second kappa shape index (κ2) is 11.2. The number of morpholine rings is 1. The molecule has 5 rings (SSSR count). The number of nitrogens with zero attached hydrogens (tertiary/aromatic N) is 4. The van der Waals surface area contributed by atoms with Crippen molar-refractivity contribution >= 4 is 16.8 Å². The van der Waals surface area contributed by atoms with Gasteiger partial charge in [0.25, 0.3) is 5.91 Å². The Morgan fingerprint density at radius 3 is 2.86 bits per heavy atom. The zero-order chi connectivity index (χ0) is 24.9. The average Bonchev–Trinajstić information content (AvgIpc) is 3.13. The molecule has 1 atom stereocenters. The fraction of sp³-hybridized carbons (Fsp3) is 0.464. The lowest BCUT2D eigenvalue weighted by Crippen LogP contribution is -2.51. The molecule has 2 aliphatic rings. The van der Waals surface area contributed by atoms with Crippen molar-refractivity contribution in [3.63, 3.8) is 0 Å². The van der Waals surface area contributed by atoms with E-state index in [1.54, 1.807) is 6.20 Å². The highest BCUT2D eigenvalue weighted by Gasteiger charge is 2.31. The van der Waals surface area contributed by atoms with Crippen LogP contribution in [0, 0.1) is 5.92 Å². The van der Waals surface area contributed by atoms with Crippen molar-refractivity contribution in [2.45, 2.75) is 39.5 Å². The van der Waals surface area contributed by atoms with E-state index in [2.05, 4.69) is 28.7 Å². The Bertz CT molecular complexity index is 1200. The molecular weight excluding hydrogens is 456 g/mol. The van der Waals surface area contributed by atoms with Gasteiger partial charge in [-0.25, -0.2) is 0 Å². The van der Waals surface area contributed by atoms with Crippen LogP contribution in [0.1, 0.15) is 31.4 Å². The van der Waals surface area contributed by atoms with Gasteiger partial charge >= 0.3 is 0 Å². The van der Waals surface area contributed by atoms with Crippen molar-refractivity contribution in [3.8, 4) is 11.5 Å². The molecule has 4 heterocycles. The van der Waals surface area contributed by atoms with Gasteiger partial charge in [0.05, 0.1) is 25.3 Å². The van der Waals surface area contributed by atoms with Gasteiger partial charge in [0.1, 0.15) is 6.10 Å². The molecule has 3 aromatic rings. The Hall–Kier alpha value is -3.23. The predicted molar refractivity (Wildman–Crippen MR) is 137 cm³/mol. The lowest BCUT2D eigenvalue weighted by Gasteiger charge is -2.35. The molecule has 0 N–H and O–H groups in total. The first kappa shape index (κ1) is 24.5. The van der Waals surface area contributed by atoms with Gasteiger partial charge in [-0.05, 0) is 35.7 Å². The maximum Gasteiger partial charge on any atom is 0.253 e. The van der Waals surface area contributed by atoms with Gasteiger partial charge in [-0.2, -0.15) is 0 Å². The van der Waals surface area contributed by atoms with Crippen LogP contribution in [0.3, 0.4) is 0 Å². The number of pyridine rings is 2. The third-order valence-corrected chi connectivity index (χ3v) is 6.49. The number of amides is 1. The highest BCUT2D eigenvalue weighted by Crippen LogP contribution is 2.31. The molecule has 0 radical (unpaired) electrons. The Kier molecular flexibility index (Phi) is 7.63. The number of fused-ring (bicyclic) bond motifs is 2. The Morgan fingerprint density at radius 2 is 2.00 bits per heavy atom. The summed E-state index contributed by atoms with van der Waals surface area (Å²) in [5.41, 5.74) is 3.04. The van der Waals surface area contributed by atoms with Crippen molar-refractivity contribution in [2.24, 2.45) is 5.92 Å². The summed E-state index contributed by atoms with van der Waals surface area (Å²) in [7, 11) is 0. The lowest BCUT2D eigenvalue weighted by molar-refractivity contribution is -0.151. The molecule has 8 nitrogen and oxygen atoms in total. The molecule has 0 bridgehead atoms. The zero-order valence-electron chi connectivity index (χ0n) is 21.1. The van der Waals surface area contributed by atoms with E-state index in [9.17, 15) is 4.79 Å². The second-order valence-electron chi connectivity index (χ2n) is 9.91. The number of hydrogen-bond acceptors (Lipinski definition) is 7. The molecule has 1 amide bonds. The van der Waals surface area contributed by atoms with E-state index in [-0.39, 0.29) is 5.91 Å². The summed E-state index contributed by atoms with van der Waals surface area (Å²) < 4.78 is 17.6. The highest BCUT2D eigenvalue weighted by atomic mass is 16.5. The van der Waals surface area contributed by atoms with E-state index in [0.29, 0.717) is 51.9 Å². The van der Waals surface area contributed by atoms with Gasteiger partial charge in [0.15, 0.2) is 11.5 Å². The summed E-state index contributed by atoms with van der Waals surface area (Å²) in [5, 5.41) is 1.02. The molecule has 1 fully saturated rings. The van der Waals surface area contributed by atoms with Crippen LogP contribution >= 0.6 is 0 Å². The minimum absolute atomic E-state index is 0.0229. The minimum atomic E-state index is -0.506. The number of carbonyl (C=O) groups is 1. The fourth-order valence-corrected chi connectivity index (χ4v) is 4.81. The van der Waals surface area contributed by atoms with E-state index in [4.69, 9.17) is 14.2 Å². The fourth-order valence-electron chi connectivity index (χ4n) is 4.81. The number of aromatic nitrogens is 2. The van der Waals surface area contributed by atoms with Crippen molar-refractivity contribution in [1.29, 1.82) is 0 Å². The Morgan fingerprint density at radius 1 is 1.14 bits per heavy atom. The van der Waals surface area contributed by atoms with Crippen LogP contribution in [0.5, 0.6) is 11.5 Å². The standard InChI is InChI=1S/C28H34N4O4/c1-20(2)16-32(17-21-6-7-24-25(13-21)35-11-4-10-34-24)28(33)26-19-31(9-12-36-26)18-23-15-29-14-22-5-3-8-30-27(22)23/h3,5-8,13-15,20,26H,4,9-12,16-19H2,1-2H3. The summed E-state index contributed by atoms with van der Waals surface area (Å²) >= 11 is 0. The van der Waals surface area contributed by atoms with Gasteiger partial charge in [0.2, 0.25) is 0 Å². The van der Waals surface area contributed by atoms with Crippen LogP contribution in [0.4, 0.5) is 0 Å². The number of carbonyl (C=O) groups excluding carboxylic acids is 1. The average molecular weight is 491 g/mol. The first-order valence-corrected chi connectivity index (χ1v) is 12.8. The number of rotatable bonds is 7. The van der Waals surface area contributed by atoms with Crippen molar-refractivity contribution in [3.05, 3.63) is 60.0 Å². The van der Waals surface area contributed by atoms with Gasteiger partial charge in [0, 0.05) is 68.7 Å². The summed E-state index contributed by atoms with van der Waals surface area (Å²) in [6, 6.07) is 9.90. The molecule has 8 heteroatoms. The molecule has 190 valence electrons. The number of ether oxygens (including phenoxy) is 3. The SMILES string of the molecule is CC(C)CN(Cc1ccc2c(c1)OCCCO2)C(=O)C1CN(Cc2cncc3cccnc23)CCO1. The van der Waals surface area contributed by atoms with Crippen LogP contribution < -0.4 is 9.47 Å². The van der Waals surface area contributed by atoms with E-state index in [1.807, 2.05) is 47.6 Å². The van der Waals surface area contributed by atoms with Gasteiger partial charge in [-0.1, -0.05) is 19.9 Å². The monoisotopic (exact) mass is 490 g/mol. The summed E-state index contributed by atoms with van der Waals surface area (Å²) in [6.45, 7) is 9.21. The van der Waals surface area contributed by atoms with E-state index < -0.39 is 6.10 Å². The molecule has 0 spiro atoms. The Labute approximate surface area is 212 Å². The topological polar surface area (TPSA) is 77.0 Å². The van der Waals surface area contributed by atoms with Crippen LogP contribution in [0.15, 0.2) is 48.9 Å². The summed E-state index contributed by atoms with van der Waals surface area (Å²) in [4.78, 5) is 26.8.